The molecule has 26 heavy (non-hydrogen) atoms. The molecule has 8 heteroatoms. The minimum Gasteiger partial charge on any atom is -0.363 e. The Balaban J connectivity index is 1.56. The summed E-state index contributed by atoms with van der Waals surface area (Å²) >= 11 is 1.46. The summed E-state index contributed by atoms with van der Waals surface area (Å²) in [5.74, 6) is 0.391. The highest BCUT2D eigenvalue weighted by Gasteiger charge is 2.59. The van der Waals surface area contributed by atoms with Gasteiger partial charge in [-0.2, -0.15) is 13.2 Å². The molecule has 1 spiro atoms. The molecule has 0 radical (unpaired) electrons. The number of halogens is 3. The van der Waals surface area contributed by atoms with E-state index in [0.29, 0.717) is 12.4 Å². The fraction of sp³-hybridized carbons (Fsp3) is 0.500. The predicted octanol–water partition coefficient (Wildman–Crippen LogP) is 3.88. The first-order valence-electron chi connectivity index (χ1n) is 8.76. The third kappa shape index (κ3) is 2.50. The number of thiophene rings is 1. The molecular formula is C18H18F3N3OS. The molecule has 2 aromatic rings. The number of alkyl halides is 3. The van der Waals surface area contributed by atoms with Crippen molar-refractivity contribution in [1.29, 1.82) is 0 Å². The maximum absolute atomic E-state index is 13.4. The maximum Gasteiger partial charge on any atom is 0.406 e. The highest BCUT2D eigenvalue weighted by atomic mass is 32.1. The molecule has 3 saturated heterocycles. The minimum absolute atomic E-state index is 0.0745. The van der Waals surface area contributed by atoms with Crippen LogP contribution in [0, 0.1) is 5.92 Å². The minimum atomic E-state index is -4.32. The van der Waals surface area contributed by atoms with E-state index in [1.165, 1.54) is 16.2 Å². The van der Waals surface area contributed by atoms with Gasteiger partial charge in [0.15, 0.2) is 5.84 Å². The number of nitrogens with zero attached hydrogens (tertiary/aromatic N) is 3. The van der Waals surface area contributed by atoms with Gasteiger partial charge in [0.05, 0.1) is 11.4 Å². The first kappa shape index (κ1) is 16.4. The predicted molar refractivity (Wildman–Crippen MR) is 94.1 cm³/mol. The van der Waals surface area contributed by atoms with E-state index in [4.69, 9.17) is 4.84 Å². The molecule has 2 bridgehead atoms. The molecule has 4 aliphatic heterocycles. The first-order valence-corrected chi connectivity index (χ1v) is 9.58. The third-order valence-corrected chi connectivity index (χ3v) is 6.77. The van der Waals surface area contributed by atoms with Gasteiger partial charge >= 0.3 is 6.18 Å². The zero-order valence-electron chi connectivity index (χ0n) is 14.0. The molecule has 0 aliphatic carbocycles. The lowest BCUT2D eigenvalue weighted by atomic mass is 9.79. The number of piperidine rings is 3. The Morgan fingerprint density at radius 2 is 2.00 bits per heavy atom. The molecule has 138 valence electrons. The van der Waals surface area contributed by atoms with E-state index in [2.05, 4.69) is 10.1 Å². The Bertz CT molecular complexity index is 839. The van der Waals surface area contributed by atoms with Gasteiger partial charge in [-0.3, -0.25) is 4.90 Å². The van der Waals surface area contributed by atoms with Crippen molar-refractivity contribution in [2.24, 2.45) is 11.1 Å². The van der Waals surface area contributed by atoms with Crippen LogP contribution >= 0.6 is 11.3 Å². The van der Waals surface area contributed by atoms with Crippen LogP contribution in [0.3, 0.4) is 0 Å². The summed E-state index contributed by atoms with van der Waals surface area (Å²) in [7, 11) is 0. The molecule has 4 nitrogen and oxygen atoms in total. The molecule has 1 aromatic heterocycles. The summed E-state index contributed by atoms with van der Waals surface area (Å²) in [6.45, 7) is 1.29. The standard InChI is InChI=1S/C18H18F3N3OS/c19-18(20,21)11-24-16(15-9-12-3-1-2-4-14(12)26-15)22-25-17(24)10-23-7-5-13(17)6-8-23/h1-4,9,13H,5-8,10-11H2/t17-/m1/s1. The number of fused-ring (bicyclic) bond motifs is 3. The van der Waals surface area contributed by atoms with E-state index in [-0.39, 0.29) is 5.92 Å². The number of amidine groups is 1. The highest BCUT2D eigenvalue weighted by molar-refractivity contribution is 7.20. The SMILES string of the molecule is FC(F)(F)CN1C(c2cc3ccccc3s2)=NO[C@@]12CN1CCC2CC1. The molecule has 6 rings (SSSR count). The van der Waals surface area contributed by atoms with Crippen molar-refractivity contribution in [2.45, 2.75) is 24.7 Å². The summed E-state index contributed by atoms with van der Waals surface area (Å²) in [6.07, 6.45) is -2.61. The fourth-order valence-corrected chi connectivity index (χ4v) is 5.51. The first-order chi connectivity index (χ1) is 12.4. The summed E-state index contributed by atoms with van der Waals surface area (Å²) < 4.78 is 41.3. The number of hydrogen-bond acceptors (Lipinski definition) is 5. The number of rotatable bonds is 2. The van der Waals surface area contributed by atoms with Crippen molar-refractivity contribution in [3.05, 3.63) is 35.2 Å². The second-order valence-corrected chi connectivity index (χ2v) is 8.33. The van der Waals surface area contributed by atoms with Crippen LogP contribution < -0.4 is 0 Å². The average Bonchev–Trinajstić information content (AvgIpc) is 3.17. The Morgan fingerprint density at radius 1 is 1.23 bits per heavy atom. The molecular weight excluding hydrogens is 363 g/mol. The van der Waals surface area contributed by atoms with Crippen LogP contribution in [-0.4, -0.2) is 53.7 Å². The van der Waals surface area contributed by atoms with Gasteiger partial charge in [0.2, 0.25) is 5.72 Å². The van der Waals surface area contributed by atoms with Crippen LogP contribution in [0.15, 0.2) is 35.5 Å². The molecule has 1 aromatic carbocycles. The van der Waals surface area contributed by atoms with Crippen LogP contribution in [0.4, 0.5) is 13.2 Å². The van der Waals surface area contributed by atoms with Crippen LogP contribution in [-0.2, 0) is 4.84 Å². The van der Waals surface area contributed by atoms with Crippen molar-refractivity contribution in [1.82, 2.24) is 9.80 Å². The molecule has 0 amide bonds. The van der Waals surface area contributed by atoms with Gasteiger partial charge in [0, 0.05) is 10.6 Å². The van der Waals surface area contributed by atoms with E-state index in [9.17, 15) is 13.2 Å². The maximum atomic E-state index is 13.4. The zero-order chi connectivity index (χ0) is 17.9. The van der Waals surface area contributed by atoms with E-state index in [1.807, 2.05) is 30.3 Å². The van der Waals surface area contributed by atoms with E-state index < -0.39 is 18.4 Å². The lowest BCUT2D eigenvalue weighted by Crippen LogP contribution is -2.67. The van der Waals surface area contributed by atoms with Gasteiger partial charge < -0.3 is 9.74 Å². The van der Waals surface area contributed by atoms with Crippen molar-refractivity contribution in [2.75, 3.05) is 26.2 Å². The molecule has 4 aliphatic rings. The van der Waals surface area contributed by atoms with E-state index in [1.54, 1.807) is 0 Å². The highest BCUT2D eigenvalue weighted by Crippen LogP contribution is 2.46. The van der Waals surface area contributed by atoms with Gasteiger partial charge in [-0.25, -0.2) is 0 Å². The second kappa shape index (κ2) is 5.60. The molecule has 0 saturated carbocycles. The second-order valence-electron chi connectivity index (χ2n) is 7.25. The van der Waals surface area contributed by atoms with Crippen LogP contribution in [0.5, 0.6) is 0 Å². The molecule has 3 fully saturated rings. The molecule has 0 N–H and O–H groups in total. The number of hydrogen-bond donors (Lipinski definition) is 0. The van der Waals surface area contributed by atoms with Gasteiger partial charge in [-0.15, -0.1) is 11.3 Å². The summed E-state index contributed by atoms with van der Waals surface area (Å²) in [4.78, 5) is 10.1. The zero-order valence-corrected chi connectivity index (χ0v) is 14.8. The van der Waals surface area contributed by atoms with Gasteiger partial charge in [-0.05, 0) is 43.5 Å². The van der Waals surface area contributed by atoms with E-state index in [0.717, 1.165) is 40.9 Å². The molecule has 5 heterocycles. The average molecular weight is 381 g/mol. The monoisotopic (exact) mass is 381 g/mol. The Morgan fingerprint density at radius 3 is 2.65 bits per heavy atom. The van der Waals surface area contributed by atoms with Crippen LogP contribution in [0.2, 0.25) is 0 Å². The molecule has 1 atom stereocenters. The van der Waals surface area contributed by atoms with Crippen molar-refractivity contribution < 1.29 is 18.0 Å². The van der Waals surface area contributed by atoms with Crippen LogP contribution in [0.25, 0.3) is 10.1 Å². The van der Waals surface area contributed by atoms with Crippen LogP contribution in [0.1, 0.15) is 17.7 Å². The van der Waals surface area contributed by atoms with Gasteiger partial charge in [-0.1, -0.05) is 23.4 Å². The lowest BCUT2D eigenvalue weighted by Gasteiger charge is -2.53. The lowest BCUT2D eigenvalue weighted by molar-refractivity contribution is -0.225. The normalized spacial score (nSPS) is 30.9. The quantitative estimate of drug-likeness (QED) is 0.790. The van der Waals surface area contributed by atoms with Crippen molar-refractivity contribution in [3.8, 4) is 0 Å². The van der Waals surface area contributed by atoms with Crippen molar-refractivity contribution >= 4 is 27.3 Å². The number of oxime groups is 1. The largest absolute Gasteiger partial charge is 0.406 e. The van der Waals surface area contributed by atoms with E-state index >= 15 is 0 Å². The Hall–Kier alpha value is -1.80. The van der Waals surface area contributed by atoms with Crippen molar-refractivity contribution in [3.63, 3.8) is 0 Å². The smallest absolute Gasteiger partial charge is 0.363 e. The summed E-state index contributed by atoms with van der Waals surface area (Å²) in [5.41, 5.74) is -0.989. The number of benzene rings is 1. The Labute approximate surface area is 152 Å². The summed E-state index contributed by atoms with van der Waals surface area (Å²) in [5, 5.41) is 5.20. The molecule has 0 unspecified atom stereocenters. The van der Waals surface area contributed by atoms with Gasteiger partial charge in [0.25, 0.3) is 0 Å². The third-order valence-electron chi connectivity index (χ3n) is 5.66. The Kier molecular flexibility index (Phi) is 3.53. The topological polar surface area (TPSA) is 28.1 Å². The summed E-state index contributed by atoms with van der Waals surface area (Å²) in [6, 6.07) is 9.69. The van der Waals surface area contributed by atoms with Gasteiger partial charge in [0.1, 0.15) is 6.54 Å². The fourth-order valence-electron chi connectivity index (χ4n) is 4.46.